The molecule has 1 N–H and O–H groups in total. The van der Waals surface area contributed by atoms with Crippen molar-refractivity contribution in [3.8, 4) is 0 Å². The van der Waals surface area contributed by atoms with Gasteiger partial charge < -0.3 is 10.0 Å². The molecule has 1 aromatic carbocycles. The van der Waals surface area contributed by atoms with Crippen LogP contribution in [0.1, 0.15) is 5.56 Å². The molecule has 22 heavy (non-hydrogen) atoms. The SMILES string of the molecule is CN(C)c1ccc(/C=C/C=CC2=N[C@@H](C(=O)O)CS2)cc1.Cl. The van der Waals surface area contributed by atoms with Crippen molar-refractivity contribution in [1.29, 1.82) is 0 Å². The molecule has 6 heteroatoms. The second-order valence-electron chi connectivity index (χ2n) is 4.84. The van der Waals surface area contributed by atoms with Gasteiger partial charge in [0, 0.05) is 25.5 Å². The summed E-state index contributed by atoms with van der Waals surface area (Å²) in [6.07, 6.45) is 7.67. The number of nitrogens with zero attached hydrogens (tertiary/aromatic N) is 2. The van der Waals surface area contributed by atoms with Crippen LogP contribution >= 0.6 is 24.2 Å². The highest BCUT2D eigenvalue weighted by Crippen LogP contribution is 2.19. The van der Waals surface area contributed by atoms with Crippen molar-refractivity contribution in [2.75, 3.05) is 24.7 Å². The summed E-state index contributed by atoms with van der Waals surface area (Å²) in [5, 5.41) is 9.62. The fourth-order valence-corrected chi connectivity index (χ4v) is 2.72. The highest BCUT2D eigenvalue weighted by molar-refractivity contribution is 8.14. The Balaban J connectivity index is 0.00000242. The summed E-state index contributed by atoms with van der Waals surface area (Å²) in [7, 11) is 4.02. The van der Waals surface area contributed by atoms with E-state index < -0.39 is 12.0 Å². The Labute approximate surface area is 141 Å². The first-order chi connectivity index (χ1) is 10.1. The molecule has 1 aromatic rings. The van der Waals surface area contributed by atoms with Crippen LogP contribution in [0.5, 0.6) is 0 Å². The summed E-state index contributed by atoms with van der Waals surface area (Å²) in [5.41, 5.74) is 2.29. The third-order valence-corrected chi connectivity index (χ3v) is 4.02. The van der Waals surface area contributed by atoms with E-state index in [1.165, 1.54) is 17.4 Å². The topological polar surface area (TPSA) is 52.9 Å². The molecule has 0 aliphatic carbocycles. The molecule has 118 valence electrons. The first-order valence-electron chi connectivity index (χ1n) is 6.62. The van der Waals surface area contributed by atoms with Crippen LogP contribution in [0, 0.1) is 0 Å². The summed E-state index contributed by atoms with van der Waals surface area (Å²) < 4.78 is 0. The van der Waals surface area contributed by atoms with E-state index in [1.807, 2.05) is 38.4 Å². The zero-order valence-corrected chi connectivity index (χ0v) is 14.1. The van der Waals surface area contributed by atoms with E-state index in [0.29, 0.717) is 5.75 Å². The molecular formula is C16H19ClN2O2S. The van der Waals surface area contributed by atoms with Gasteiger partial charge >= 0.3 is 5.97 Å². The number of anilines is 1. The molecule has 0 saturated carbocycles. The van der Waals surface area contributed by atoms with E-state index in [-0.39, 0.29) is 12.4 Å². The molecule has 1 heterocycles. The van der Waals surface area contributed by atoms with Crippen LogP contribution in [0.4, 0.5) is 5.69 Å². The largest absolute Gasteiger partial charge is 0.480 e. The Hall–Kier alpha value is -1.72. The van der Waals surface area contributed by atoms with Crippen LogP contribution in [0.2, 0.25) is 0 Å². The Bertz CT molecular complexity index is 595. The van der Waals surface area contributed by atoms with E-state index in [1.54, 1.807) is 0 Å². The maximum absolute atomic E-state index is 10.8. The van der Waals surface area contributed by atoms with Gasteiger partial charge in [-0.3, -0.25) is 4.99 Å². The molecule has 1 aliphatic heterocycles. The molecule has 0 bridgehead atoms. The van der Waals surface area contributed by atoms with Crippen molar-refractivity contribution in [2.45, 2.75) is 6.04 Å². The number of carbonyl (C=O) groups is 1. The van der Waals surface area contributed by atoms with Crippen molar-refractivity contribution in [2.24, 2.45) is 4.99 Å². The Morgan fingerprint density at radius 3 is 2.45 bits per heavy atom. The molecule has 1 aliphatic rings. The second kappa shape index (κ2) is 8.66. The van der Waals surface area contributed by atoms with Crippen LogP contribution < -0.4 is 4.90 Å². The number of aliphatic imine (C=N–C) groups is 1. The van der Waals surface area contributed by atoms with Crippen LogP contribution in [-0.4, -0.2) is 42.0 Å². The highest BCUT2D eigenvalue weighted by atomic mass is 35.5. The summed E-state index contributed by atoms with van der Waals surface area (Å²) in [5.74, 6) is -0.340. The number of hydrogen-bond acceptors (Lipinski definition) is 4. The predicted molar refractivity (Wildman–Crippen MR) is 97.5 cm³/mol. The van der Waals surface area contributed by atoms with Gasteiger partial charge in [-0.15, -0.1) is 24.2 Å². The lowest BCUT2D eigenvalue weighted by molar-refractivity contribution is -0.137. The summed E-state index contributed by atoms with van der Waals surface area (Å²) in [6.45, 7) is 0. The maximum atomic E-state index is 10.8. The van der Waals surface area contributed by atoms with Crippen LogP contribution in [0.3, 0.4) is 0 Å². The quantitative estimate of drug-likeness (QED) is 0.837. The van der Waals surface area contributed by atoms with Gasteiger partial charge in [0.15, 0.2) is 6.04 Å². The smallest absolute Gasteiger partial charge is 0.329 e. The van der Waals surface area contributed by atoms with Gasteiger partial charge in [0.2, 0.25) is 0 Å². The molecule has 2 rings (SSSR count). The number of thioether (sulfide) groups is 1. The van der Waals surface area contributed by atoms with Crippen molar-refractivity contribution in [3.63, 3.8) is 0 Å². The minimum Gasteiger partial charge on any atom is -0.480 e. The van der Waals surface area contributed by atoms with E-state index in [9.17, 15) is 4.79 Å². The molecule has 0 aromatic heterocycles. The Morgan fingerprint density at radius 2 is 1.91 bits per heavy atom. The third kappa shape index (κ3) is 5.24. The number of carboxylic acid groups (broad SMARTS) is 1. The third-order valence-electron chi connectivity index (χ3n) is 3.01. The lowest BCUT2D eigenvalue weighted by Gasteiger charge is -2.11. The van der Waals surface area contributed by atoms with Gasteiger partial charge in [-0.25, -0.2) is 4.79 Å². The zero-order chi connectivity index (χ0) is 15.2. The van der Waals surface area contributed by atoms with Gasteiger partial charge in [0.25, 0.3) is 0 Å². The minimum atomic E-state index is -0.859. The zero-order valence-electron chi connectivity index (χ0n) is 12.5. The molecule has 0 amide bonds. The van der Waals surface area contributed by atoms with Crippen LogP contribution in [0.25, 0.3) is 6.08 Å². The first kappa shape index (κ1) is 18.3. The summed E-state index contributed by atoms with van der Waals surface area (Å²) in [4.78, 5) is 16.9. The number of aliphatic carboxylic acids is 1. The monoisotopic (exact) mass is 338 g/mol. The fourth-order valence-electron chi connectivity index (χ4n) is 1.80. The Kier molecular flexibility index (Phi) is 7.21. The minimum absolute atomic E-state index is 0. The van der Waals surface area contributed by atoms with Crippen molar-refractivity contribution >= 4 is 46.9 Å². The highest BCUT2D eigenvalue weighted by Gasteiger charge is 2.22. The van der Waals surface area contributed by atoms with E-state index in [4.69, 9.17) is 5.11 Å². The summed E-state index contributed by atoms with van der Waals surface area (Å²) in [6, 6.07) is 7.65. The normalized spacial score (nSPS) is 17.5. The number of halogens is 1. The lowest BCUT2D eigenvalue weighted by Crippen LogP contribution is -2.16. The van der Waals surface area contributed by atoms with Crippen molar-refractivity contribution in [3.05, 3.63) is 48.1 Å². The van der Waals surface area contributed by atoms with Crippen LogP contribution in [-0.2, 0) is 4.79 Å². The number of allylic oxidation sites excluding steroid dienone is 2. The molecule has 0 saturated heterocycles. The van der Waals surface area contributed by atoms with Crippen molar-refractivity contribution in [1.82, 2.24) is 0 Å². The van der Waals surface area contributed by atoms with Gasteiger partial charge in [-0.05, 0) is 23.8 Å². The number of hydrogen-bond donors (Lipinski definition) is 1. The van der Waals surface area contributed by atoms with Gasteiger partial charge in [0.1, 0.15) is 0 Å². The van der Waals surface area contributed by atoms with Crippen LogP contribution in [0.15, 0.2) is 47.5 Å². The van der Waals surface area contributed by atoms with E-state index in [2.05, 4.69) is 34.2 Å². The first-order valence-corrected chi connectivity index (χ1v) is 7.60. The predicted octanol–water partition coefficient (Wildman–Crippen LogP) is 3.34. The summed E-state index contributed by atoms with van der Waals surface area (Å²) >= 11 is 1.47. The standard InChI is InChI=1S/C16H18N2O2S.ClH/c1-18(2)13-9-7-12(8-10-13)5-3-4-6-15-17-14(11-21-15)16(19)20;/h3-10,14H,11H2,1-2H3,(H,19,20);1H/b5-3+,6-4?;/t14-;/m1./s1. The average molecular weight is 339 g/mol. The molecule has 1 atom stereocenters. The Morgan fingerprint density at radius 1 is 1.27 bits per heavy atom. The molecule has 0 spiro atoms. The molecule has 4 nitrogen and oxygen atoms in total. The van der Waals surface area contributed by atoms with Gasteiger partial charge in [0.05, 0.1) is 5.04 Å². The molecule has 0 radical (unpaired) electrons. The second-order valence-corrected chi connectivity index (χ2v) is 5.88. The molecule has 0 fully saturated rings. The number of carboxylic acids is 1. The number of rotatable bonds is 5. The van der Waals surface area contributed by atoms with E-state index in [0.717, 1.165) is 10.6 Å². The van der Waals surface area contributed by atoms with Gasteiger partial charge in [-0.1, -0.05) is 30.4 Å². The average Bonchev–Trinajstić information content (AvgIpc) is 2.93. The van der Waals surface area contributed by atoms with Gasteiger partial charge in [-0.2, -0.15) is 0 Å². The van der Waals surface area contributed by atoms with E-state index >= 15 is 0 Å². The molecular weight excluding hydrogens is 320 g/mol. The molecule has 0 unspecified atom stereocenters. The lowest BCUT2D eigenvalue weighted by atomic mass is 10.2. The fraction of sp³-hybridized carbons (Fsp3) is 0.250. The maximum Gasteiger partial charge on any atom is 0.329 e. The number of benzene rings is 1. The van der Waals surface area contributed by atoms with Crippen molar-refractivity contribution < 1.29 is 9.90 Å².